The van der Waals surface area contributed by atoms with Crippen molar-refractivity contribution in [3.8, 4) is 5.75 Å². The molecule has 0 spiro atoms. The van der Waals surface area contributed by atoms with Crippen molar-refractivity contribution in [3.63, 3.8) is 0 Å². The normalized spacial score (nSPS) is 15.2. The molecule has 1 aliphatic rings. The minimum Gasteiger partial charge on any atom is -0.494 e. The third-order valence-electron chi connectivity index (χ3n) is 5.27. The molecule has 1 aliphatic heterocycles. The maximum absolute atomic E-state index is 12.2. The van der Waals surface area contributed by atoms with Crippen LogP contribution in [0.25, 0.3) is 0 Å². The zero-order chi connectivity index (χ0) is 21.3. The largest absolute Gasteiger partial charge is 0.494 e. The van der Waals surface area contributed by atoms with E-state index in [0.29, 0.717) is 44.8 Å². The lowest BCUT2D eigenvalue weighted by atomic mass is 9.87. The van der Waals surface area contributed by atoms with Gasteiger partial charge in [0, 0.05) is 37.9 Å². The van der Waals surface area contributed by atoms with Crippen molar-refractivity contribution >= 4 is 23.4 Å². The highest BCUT2D eigenvalue weighted by atomic mass is 35.5. The molecule has 0 aromatic heterocycles. The second-order valence-corrected chi connectivity index (χ2v) is 9.12. The van der Waals surface area contributed by atoms with Crippen LogP contribution in [0.5, 0.6) is 5.75 Å². The van der Waals surface area contributed by atoms with Gasteiger partial charge < -0.3 is 15.0 Å². The standard InChI is InChI=1S/C23H35ClN2O3/c1-23(2,3)18-8-10-20(11-9-18)29-17-5-6-21(27)25-19-12-15-26(16-13-19)22(28)7-4-14-24/h8-11,19H,4-7,12-17H2,1-3H3,(H,25,27). The van der Waals surface area contributed by atoms with Crippen LogP contribution in [-0.4, -0.2) is 48.3 Å². The van der Waals surface area contributed by atoms with E-state index in [1.165, 1.54) is 5.56 Å². The van der Waals surface area contributed by atoms with Crippen LogP contribution in [0.2, 0.25) is 0 Å². The first-order chi connectivity index (χ1) is 13.8. The van der Waals surface area contributed by atoms with Crippen molar-refractivity contribution in [1.82, 2.24) is 10.2 Å². The Morgan fingerprint density at radius 2 is 1.76 bits per heavy atom. The highest BCUT2D eigenvalue weighted by Gasteiger charge is 2.23. The Kier molecular flexibility index (Phi) is 9.28. The maximum Gasteiger partial charge on any atom is 0.222 e. The van der Waals surface area contributed by atoms with Crippen molar-refractivity contribution in [2.24, 2.45) is 0 Å². The first-order valence-electron chi connectivity index (χ1n) is 10.7. The SMILES string of the molecule is CC(C)(C)c1ccc(OCCCC(=O)NC2CCN(C(=O)CCCCl)CC2)cc1. The number of rotatable bonds is 9. The van der Waals surface area contributed by atoms with Gasteiger partial charge in [0.2, 0.25) is 11.8 Å². The van der Waals surface area contributed by atoms with E-state index < -0.39 is 0 Å². The molecule has 0 aliphatic carbocycles. The summed E-state index contributed by atoms with van der Waals surface area (Å²) in [7, 11) is 0. The minimum absolute atomic E-state index is 0.0589. The number of amides is 2. The lowest BCUT2D eigenvalue weighted by molar-refractivity contribution is -0.132. The van der Waals surface area contributed by atoms with Gasteiger partial charge >= 0.3 is 0 Å². The van der Waals surface area contributed by atoms with Crippen LogP contribution in [-0.2, 0) is 15.0 Å². The Morgan fingerprint density at radius 3 is 2.34 bits per heavy atom. The van der Waals surface area contributed by atoms with Crippen LogP contribution < -0.4 is 10.1 Å². The number of nitrogens with zero attached hydrogens (tertiary/aromatic N) is 1. The molecule has 0 unspecified atom stereocenters. The van der Waals surface area contributed by atoms with Gasteiger partial charge in [0.05, 0.1) is 6.61 Å². The zero-order valence-electron chi connectivity index (χ0n) is 18.0. The molecule has 6 heteroatoms. The van der Waals surface area contributed by atoms with Gasteiger partial charge in [-0.25, -0.2) is 0 Å². The van der Waals surface area contributed by atoms with Gasteiger partial charge in [0.15, 0.2) is 0 Å². The van der Waals surface area contributed by atoms with Crippen LogP contribution in [0.3, 0.4) is 0 Å². The van der Waals surface area contributed by atoms with Crippen molar-refractivity contribution in [2.75, 3.05) is 25.6 Å². The fourth-order valence-electron chi connectivity index (χ4n) is 3.42. The van der Waals surface area contributed by atoms with Gasteiger partial charge in [-0.2, -0.15) is 0 Å². The minimum atomic E-state index is 0.0589. The second kappa shape index (κ2) is 11.4. The molecule has 0 saturated carbocycles. The van der Waals surface area contributed by atoms with Gasteiger partial charge in [0.1, 0.15) is 5.75 Å². The number of alkyl halides is 1. The van der Waals surface area contributed by atoms with Crippen LogP contribution in [0, 0.1) is 0 Å². The summed E-state index contributed by atoms with van der Waals surface area (Å²) >= 11 is 5.65. The molecule has 1 aromatic rings. The van der Waals surface area contributed by atoms with E-state index >= 15 is 0 Å². The Bertz CT molecular complexity index is 647. The average molecular weight is 423 g/mol. The van der Waals surface area contributed by atoms with E-state index in [1.54, 1.807) is 0 Å². The number of piperidine rings is 1. The molecule has 1 fully saturated rings. The molecule has 2 rings (SSSR count). The fraction of sp³-hybridized carbons (Fsp3) is 0.652. The third kappa shape index (κ3) is 8.25. The number of hydrogen-bond donors (Lipinski definition) is 1. The molecule has 29 heavy (non-hydrogen) atoms. The van der Waals surface area contributed by atoms with E-state index in [9.17, 15) is 9.59 Å². The van der Waals surface area contributed by atoms with Crippen molar-refractivity contribution < 1.29 is 14.3 Å². The molecule has 0 bridgehead atoms. The Balaban J connectivity index is 1.60. The summed E-state index contributed by atoms with van der Waals surface area (Å²) in [5.41, 5.74) is 1.40. The molecular weight excluding hydrogens is 388 g/mol. The lowest BCUT2D eigenvalue weighted by Crippen LogP contribution is -2.46. The Morgan fingerprint density at radius 1 is 1.10 bits per heavy atom. The number of carbonyl (C=O) groups excluding carboxylic acids is 2. The van der Waals surface area contributed by atoms with Gasteiger partial charge in [-0.05, 0) is 48.8 Å². The monoisotopic (exact) mass is 422 g/mol. The summed E-state index contributed by atoms with van der Waals surface area (Å²) in [5, 5.41) is 3.09. The number of hydrogen-bond acceptors (Lipinski definition) is 3. The number of ether oxygens (including phenoxy) is 1. The van der Waals surface area contributed by atoms with E-state index in [2.05, 4.69) is 38.2 Å². The number of likely N-dealkylation sites (tertiary alicyclic amines) is 1. The summed E-state index contributed by atoms with van der Waals surface area (Å²) in [6, 6.07) is 8.32. The summed E-state index contributed by atoms with van der Waals surface area (Å²) in [6.45, 7) is 8.50. The first-order valence-corrected chi connectivity index (χ1v) is 11.2. The zero-order valence-corrected chi connectivity index (χ0v) is 18.8. The van der Waals surface area contributed by atoms with Crippen molar-refractivity contribution in [1.29, 1.82) is 0 Å². The third-order valence-corrected chi connectivity index (χ3v) is 5.54. The van der Waals surface area contributed by atoms with Crippen LogP contribution >= 0.6 is 11.6 Å². The van der Waals surface area contributed by atoms with E-state index in [0.717, 1.165) is 25.0 Å². The molecular formula is C23H35ClN2O3. The topological polar surface area (TPSA) is 58.6 Å². The fourth-order valence-corrected chi connectivity index (χ4v) is 3.56. The molecule has 162 valence electrons. The van der Waals surface area contributed by atoms with Gasteiger partial charge in [0.25, 0.3) is 0 Å². The predicted octanol–water partition coefficient (Wildman–Crippen LogP) is 4.27. The lowest BCUT2D eigenvalue weighted by Gasteiger charge is -2.32. The highest BCUT2D eigenvalue weighted by Crippen LogP contribution is 2.24. The quantitative estimate of drug-likeness (QED) is 0.477. The van der Waals surface area contributed by atoms with Crippen molar-refractivity contribution in [2.45, 2.75) is 70.8 Å². The van der Waals surface area contributed by atoms with Crippen LogP contribution in [0.4, 0.5) is 0 Å². The first kappa shape index (κ1) is 23.5. The number of carbonyl (C=O) groups is 2. The second-order valence-electron chi connectivity index (χ2n) is 8.74. The Hall–Kier alpha value is -1.75. The molecule has 0 radical (unpaired) electrons. The predicted molar refractivity (Wildman–Crippen MR) is 118 cm³/mol. The molecule has 1 saturated heterocycles. The van der Waals surface area contributed by atoms with Crippen LogP contribution in [0.1, 0.15) is 64.9 Å². The number of benzene rings is 1. The van der Waals surface area contributed by atoms with E-state index in [1.807, 2.05) is 17.0 Å². The molecule has 1 N–H and O–H groups in total. The average Bonchev–Trinajstić information content (AvgIpc) is 2.69. The van der Waals surface area contributed by atoms with E-state index in [4.69, 9.17) is 16.3 Å². The van der Waals surface area contributed by atoms with Crippen molar-refractivity contribution in [3.05, 3.63) is 29.8 Å². The van der Waals surface area contributed by atoms with Crippen LogP contribution in [0.15, 0.2) is 24.3 Å². The summed E-state index contributed by atoms with van der Waals surface area (Å²) in [6.07, 6.45) is 4.00. The molecule has 0 atom stereocenters. The summed E-state index contributed by atoms with van der Waals surface area (Å²) < 4.78 is 5.75. The van der Waals surface area contributed by atoms with Gasteiger partial charge in [-0.3, -0.25) is 9.59 Å². The number of nitrogens with one attached hydrogen (secondary N) is 1. The summed E-state index contributed by atoms with van der Waals surface area (Å²) in [5.74, 6) is 1.58. The van der Waals surface area contributed by atoms with Gasteiger partial charge in [-0.15, -0.1) is 11.6 Å². The molecule has 1 heterocycles. The Labute approximate surface area is 180 Å². The van der Waals surface area contributed by atoms with Gasteiger partial charge in [-0.1, -0.05) is 32.9 Å². The maximum atomic E-state index is 12.2. The highest BCUT2D eigenvalue weighted by molar-refractivity contribution is 6.17. The molecule has 1 aromatic carbocycles. The molecule has 5 nitrogen and oxygen atoms in total. The summed E-state index contributed by atoms with van der Waals surface area (Å²) in [4.78, 5) is 26.1. The number of halogens is 1. The van der Waals surface area contributed by atoms with E-state index in [-0.39, 0.29) is 23.3 Å². The smallest absolute Gasteiger partial charge is 0.222 e. The molecule has 2 amide bonds.